The zero-order valence-electron chi connectivity index (χ0n) is 16.7. The van der Waals surface area contributed by atoms with Gasteiger partial charge in [-0.15, -0.1) is 17.5 Å². The Hall–Kier alpha value is -1.92. The van der Waals surface area contributed by atoms with Crippen molar-refractivity contribution in [1.82, 2.24) is 25.2 Å². The number of aromatic nitrogens is 3. The molecule has 0 radical (unpaired) electrons. The fraction of sp³-hybridized carbons (Fsp3) is 0.550. The van der Waals surface area contributed by atoms with Crippen LogP contribution in [0.4, 0.5) is 0 Å². The standard InChI is InChI=1S/C20H29N5O.ClH/c1-5-6-17-18(19(26)24-13-11-21-12-14-24)22-23-25(17)16-9-7-15(8-10-16)20(2,3)4;/h7-10,21H,5-6,11-14H2,1-4H3;1H. The van der Waals surface area contributed by atoms with Crippen LogP contribution in [0.3, 0.4) is 0 Å². The summed E-state index contributed by atoms with van der Waals surface area (Å²) in [6.07, 6.45) is 1.72. The van der Waals surface area contributed by atoms with E-state index in [2.05, 4.69) is 67.6 Å². The maximum absolute atomic E-state index is 12.9. The Morgan fingerprint density at radius 3 is 2.33 bits per heavy atom. The number of piperazine rings is 1. The van der Waals surface area contributed by atoms with Crippen molar-refractivity contribution in [2.24, 2.45) is 0 Å². The van der Waals surface area contributed by atoms with Gasteiger partial charge >= 0.3 is 0 Å². The first-order chi connectivity index (χ1) is 12.4. The van der Waals surface area contributed by atoms with Gasteiger partial charge in [0, 0.05) is 26.2 Å². The lowest BCUT2D eigenvalue weighted by atomic mass is 9.87. The molecule has 2 heterocycles. The van der Waals surface area contributed by atoms with E-state index in [1.165, 1.54) is 5.56 Å². The monoisotopic (exact) mass is 391 g/mol. The van der Waals surface area contributed by atoms with Gasteiger partial charge in [-0.1, -0.05) is 51.5 Å². The molecule has 0 saturated carbocycles. The van der Waals surface area contributed by atoms with Gasteiger partial charge in [0.15, 0.2) is 5.69 Å². The van der Waals surface area contributed by atoms with Gasteiger partial charge in [-0.05, 0) is 29.5 Å². The molecule has 0 unspecified atom stereocenters. The van der Waals surface area contributed by atoms with E-state index in [9.17, 15) is 4.79 Å². The van der Waals surface area contributed by atoms with Gasteiger partial charge < -0.3 is 10.2 Å². The summed E-state index contributed by atoms with van der Waals surface area (Å²) in [7, 11) is 0. The smallest absolute Gasteiger partial charge is 0.276 e. The van der Waals surface area contributed by atoms with Crippen LogP contribution >= 0.6 is 12.4 Å². The van der Waals surface area contributed by atoms with E-state index < -0.39 is 0 Å². The first kappa shape index (κ1) is 21.4. The van der Waals surface area contributed by atoms with Crippen LogP contribution in [0.1, 0.15) is 55.9 Å². The summed E-state index contributed by atoms with van der Waals surface area (Å²) in [5.41, 5.74) is 3.73. The number of benzene rings is 1. The third-order valence-electron chi connectivity index (χ3n) is 4.83. The van der Waals surface area contributed by atoms with Crippen molar-refractivity contribution in [2.45, 2.75) is 46.0 Å². The molecule has 2 aromatic rings. The summed E-state index contributed by atoms with van der Waals surface area (Å²) in [5.74, 6) is -0.00693. The van der Waals surface area contributed by atoms with E-state index in [-0.39, 0.29) is 23.7 Å². The average Bonchev–Trinajstić information content (AvgIpc) is 3.05. The number of nitrogens with zero attached hydrogens (tertiary/aromatic N) is 4. The largest absolute Gasteiger partial charge is 0.335 e. The fourth-order valence-electron chi connectivity index (χ4n) is 3.26. The fourth-order valence-corrected chi connectivity index (χ4v) is 3.26. The molecule has 1 fully saturated rings. The average molecular weight is 392 g/mol. The maximum Gasteiger partial charge on any atom is 0.276 e. The zero-order valence-corrected chi connectivity index (χ0v) is 17.5. The zero-order chi connectivity index (χ0) is 18.7. The molecule has 1 aromatic carbocycles. The number of hydrogen-bond acceptors (Lipinski definition) is 4. The Labute approximate surface area is 167 Å². The normalized spacial score (nSPS) is 14.7. The van der Waals surface area contributed by atoms with Crippen LogP contribution in [0.15, 0.2) is 24.3 Å². The topological polar surface area (TPSA) is 63.1 Å². The molecule has 7 heteroatoms. The van der Waals surface area contributed by atoms with E-state index in [0.717, 1.165) is 50.4 Å². The second-order valence-corrected chi connectivity index (χ2v) is 7.89. The van der Waals surface area contributed by atoms with E-state index in [4.69, 9.17) is 0 Å². The predicted molar refractivity (Wildman–Crippen MR) is 110 cm³/mol. The van der Waals surface area contributed by atoms with Crippen molar-refractivity contribution in [3.63, 3.8) is 0 Å². The van der Waals surface area contributed by atoms with Crippen molar-refractivity contribution < 1.29 is 4.79 Å². The summed E-state index contributed by atoms with van der Waals surface area (Å²) in [4.78, 5) is 14.8. The summed E-state index contributed by atoms with van der Waals surface area (Å²) in [6, 6.07) is 8.38. The van der Waals surface area contributed by atoms with Crippen LogP contribution in [0.5, 0.6) is 0 Å². The number of rotatable bonds is 4. The SMILES string of the molecule is CCCc1c(C(=O)N2CCNCC2)nnn1-c1ccc(C(C)(C)C)cc1.Cl. The molecule has 1 N–H and O–H groups in total. The van der Waals surface area contributed by atoms with Crippen LogP contribution in [0.2, 0.25) is 0 Å². The summed E-state index contributed by atoms with van der Waals surface area (Å²) < 4.78 is 1.82. The summed E-state index contributed by atoms with van der Waals surface area (Å²) in [5, 5.41) is 11.8. The molecule has 0 bridgehead atoms. The van der Waals surface area contributed by atoms with Gasteiger partial charge in [0.25, 0.3) is 5.91 Å². The highest BCUT2D eigenvalue weighted by atomic mass is 35.5. The molecule has 1 amide bonds. The number of carbonyl (C=O) groups excluding carboxylic acids is 1. The molecule has 148 valence electrons. The molecule has 0 aliphatic carbocycles. The first-order valence-electron chi connectivity index (χ1n) is 9.47. The number of nitrogens with one attached hydrogen (secondary N) is 1. The lowest BCUT2D eigenvalue weighted by Crippen LogP contribution is -2.46. The Balaban J connectivity index is 0.00000261. The molecule has 0 atom stereocenters. The molecule has 27 heavy (non-hydrogen) atoms. The highest BCUT2D eigenvalue weighted by molar-refractivity contribution is 5.93. The molecule has 6 nitrogen and oxygen atoms in total. The molecular formula is C20H30ClN5O. The third kappa shape index (κ3) is 4.68. The number of carbonyl (C=O) groups is 1. The van der Waals surface area contributed by atoms with E-state index in [0.29, 0.717) is 5.69 Å². The van der Waals surface area contributed by atoms with Gasteiger partial charge in [0.2, 0.25) is 0 Å². The van der Waals surface area contributed by atoms with E-state index >= 15 is 0 Å². The van der Waals surface area contributed by atoms with Crippen molar-refractivity contribution in [1.29, 1.82) is 0 Å². The lowest BCUT2D eigenvalue weighted by molar-refractivity contribution is 0.0728. The highest BCUT2D eigenvalue weighted by Gasteiger charge is 2.25. The molecule has 0 spiro atoms. The second kappa shape index (κ2) is 8.85. The molecule has 1 aliphatic rings. The van der Waals surface area contributed by atoms with Crippen LogP contribution < -0.4 is 5.32 Å². The molecular weight excluding hydrogens is 362 g/mol. The maximum atomic E-state index is 12.9. The number of amides is 1. The predicted octanol–water partition coefficient (Wildman–Crippen LogP) is 2.98. The molecule has 1 saturated heterocycles. The summed E-state index contributed by atoms with van der Waals surface area (Å²) >= 11 is 0. The first-order valence-corrected chi connectivity index (χ1v) is 9.47. The number of hydrogen-bond donors (Lipinski definition) is 1. The van der Waals surface area contributed by atoms with Crippen LogP contribution in [-0.4, -0.2) is 52.0 Å². The van der Waals surface area contributed by atoms with Crippen molar-refractivity contribution >= 4 is 18.3 Å². The number of halogens is 1. The van der Waals surface area contributed by atoms with Crippen molar-refractivity contribution in [3.8, 4) is 5.69 Å². The molecule has 1 aliphatic heterocycles. The highest BCUT2D eigenvalue weighted by Crippen LogP contribution is 2.24. The Kier molecular flexibility index (Phi) is 7.00. The Morgan fingerprint density at radius 1 is 1.15 bits per heavy atom. The minimum Gasteiger partial charge on any atom is -0.335 e. The third-order valence-corrected chi connectivity index (χ3v) is 4.83. The molecule has 3 rings (SSSR count). The van der Waals surface area contributed by atoms with Crippen molar-refractivity contribution in [2.75, 3.05) is 26.2 Å². The van der Waals surface area contributed by atoms with Gasteiger partial charge in [0.05, 0.1) is 11.4 Å². The van der Waals surface area contributed by atoms with Crippen LogP contribution in [-0.2, 0) is 11.8 Å². The molecule has 1 aromatic heterocycles. The quantitative estimate of drug-likeness (QED) is 0.870. The summed E-state index contributed by atoms with van der Waals surface area (Å²) in [6.45, 7) is 11.8. The van der Waals surface area contributed by atoms with E-state index in [1.807, 2.05) is 9.58 Å². The van der Waals surface area contributed by atoms with Crippen LogP contribution in [0, 0.1) is 0 Å². The van der Waals surface area contributed by atoms with Gasteiger partial charge in [-0.3, -0.25) is 4.79 Å². The van der Waals surface area contributed by atoms with E-state index in [1.54, 1.807) is 0 Å². The minimum absolute atomic E-state index is 0. The Bertz CT molecular complexity index is 758. The Morgan fingerprint density at radius 2 is 1.78 bits per heavy atom. The lowest BCUT2D eigenvalue weighted by Gasteiger charge is -2.26. The minimum atomic E-state index is -0.00693. The van der Waals surface area contributed by atoms with Gasteiger partial charge in [0.1, 0.15) is 0 Å². The second-order valence-electron chi connectivity index (χ2n) is 7.89. The van der Waals surface area contributed by atoms with Gasteiger partial charge in [-0.2, -0.15) is 0 Å². The van der Waals surface area contributed by atoms with Crippen LogP contribution in [0.25, 0.3) is 5.69 Å². The van der Waals surface area contributed by atoms with Gasteiger partial charge in [-0.25, -0.2) is 4.68 Å². The van der Waals surface area contributed by atoms with Crippen molar-refractivity contribution in [3.05, 3.63) is 41.2 Å².